The quantitative estimate of drug-likeness (QED) is 0.581. The van der Waals surface area contributed by atoms with Crippen molar-refractivity contribution in [1.29, 1.82) is 0 Å². The highest BCUT2D eigenvalue weighted by Gasteiger charge is 2.22. The van der Waals surface area contributed by atoms with Crippen LogP contribution in [-0.4, -0.2) is 17.0 Å². The van der Waals surface area contributed by atoms with E-state index in [0.717, 1.165) is 6.07 Å². The Balaban J connectivity index is 3.50. The second kappa shape index (κ2) is 5.48. The number of nitrogens with zero attached hydrogens (tertiary/aromatic N) is 1. The normalized spacial score (nSPS) is 10.4. The van der Waals surface area contributed by atoms with Crippen LogP contribution in [0.15, 0.2) is 12.1 Å². The molecular formula is C12H14NO5-. The van der Waals surface area contributed by atoms with Gasteiger partial charge in [0.05, 0.1) is 17.0 Å². The molecule has 0 saturated carbocycles. The van der Waals surface area contributed by atoms with Crippen LogP contribution in [0.25, 0.3) is 0 Å². The van der Waals surface area contributed by atoms with E-state index in [9.17, 15) is 20.0 Å². The molecule has 0 heterocycles. The molecule has 1 rings (SSSR count). The van der Waals surface area contributed by atoms with Crippen LogP contribution in [0.2, 0.25) is 0 Å². The third-order valence-electron chi connectivity index (χ3n) is 2.36. The molecule has 0 atom stereocenters. The Morgan fingerprint density at radius 1 is 1.44 bits per heavy atom. The molecule has 0 N–H and O–H groups in total. The topological polar surface area (TPSA) is 92.5 Å². The zero-order valence-corrected chi connectivity index (χ0v) is 10.4. The van der Waals surface area contributed by atoms with Crippen molar-refractivity contribution in [3.63, 3.8) is 0 Å². The van der Waals surface area contributed by atoms with Gasteiger partial charge in [0.15, 0.2) is 0 Å². The molecule has 0 unspecified atom stereocenters. The molecule has 0 fully saturated rings. The Morgan fingerprint density at radius 2 is 2.06 bits per heavy atom. The van der Waals surface area contributed by atoms with Crippen molar-refractivity contribution in [2.75, 3.05) is 0 Å². The molecule has 6 heteroatoms. The second-order valence-corrected chi connectivity index (χ2v) is 4.00. The summed E-state index contributed by atoms with van der Waals surface area (Å²) in [5, 5.41) is 21.9. The number of carbonyl (C=O) groups excluding carboxylic acids is 1. The maximum absolute atomic E-state index is 11.0. The van der Waals surface area contributed by atoms with E-state index in [4.69, 9.17) is 4.74 Å². The monoisotopic (exact) mass is 252 g/mol. The van der Waals surface area contributed by atoms with Crippen LogP contribution in [0.3, 0.4) is 0 Å². The molecule has 0 bridgehead atoms. The van der Waals surface area contributed by atoms with Gasteiger partial charge >= 0.3 is 5.69 Å². The summed E-state index contributed by atoms with van der Waals surface area (Å²) in [7, 11) is 0. The maximum atomic E-state index is 11.0. The van der Waals surface area contributed by atoms with E-state index < -0.39 is 10.9 Å². The average molecular weight is 252 g/mol. The van der Waals surface area contributed by atoms with E-state index >= 15 is 0 Å². The van der Waals surface area contributed by atoms with Crippen LogP contribution < -0.4 is 9.84 Å². The SMILES string of the molecule is CCc1c(C(=O)[O-])ccc([N+](=O)[O-])c1OC(C)C. The summed E-state index contributed by atoms with van der Waals surface area (Å²) in [6, 6.07) is 2.31. The lowest BCUT2D eigenvalue weighted by Crippen LogP contribution is -2.24. The number of aromatic carboxylic acids is 1. The number of nitro benzene ring substituents is 1. The van der Waals surface area contributed by atoms with Gasteiger partial charge in [-0.3, -0.25) is 10.1 Å². The third-order valence-corrected chi connectivity index (χ3v) is 2.36. The molecule has 0 aliphatic carbocycles. The van der Waals surface area contributed by atoms with E-state index in [1.807, 2.05) is 0 Å². The van der Waals surface area contributed by atoms with E-state index in [1.54, 1.807) is 20.8 Å². The first-order valence-corrected chi connectivity index (χ1v) is 5.56. The minimum absolute atomic E-state index is 0.0131. The molecular weight excluding hydrogens is 238 g/mol. The summed E-state index contributed by atoms with van der Waals surface area (Å²) in [5.41, 5.74) is -0.0119. The Bertz CT molecular complexity index is 482. The van der Waals surface area contributed by atoms with Gasteiger partial charge in [-0.2, -0.15) is 0 Å². The van der Waals surface area contributed by atoms with Gasteiger partial charge in [-0.05, 0) is 26.3 Å². The largest absolute Gasteiger partial charge is 0.545 e. The average Bonchev–Trinajstić information content (AvgIpc) is 2.26. The first-order chi connectivity index (χ1) is 8.38. The molecule has 0 aliphatic heterocycles. The Labute approximate surface area is 104 Å². The molecule has 0 aliphatic rings. The lowest BCUT2D eigenvalue weighted by Gasteiger charge is -2.17. The number of hydrogen-bond donors (Lipinski definition) is 0. The fourth-order valence-electron chi connectivity index (χ4n) is 1.67. The molecule has 0 saturated heterocycles. The maximum Gasteiger partial charge on any atom is 0.311 e. The van der Waals surface area contributed by atoms with Crippen molar-refractivity contribution in [1.82, 2.24) is 0 Å². The van der Waals surface area contributed by atoms with Crippen LogP contribution in [0.4, 0.5) is 5.69 Å². The number of carboxylic acid groups (broad SMARTS) is 1. The number of hydrogen-bond acceptors (Lipinski definition) is 5. The van der Waals surface area contributed by atoms with Crippen LogP contribution in [-0.2, 0) is 6.42 Å². The molecule has 0 aromatic heterocycles. The minimum atomic E-state index is -1.37. The van der Waals surface area contributed by atoms with Crippen molar-refractivity contribution in [3.8, 4) is 5.75 Å². The molecule has 1 aromatic rings. The van der Waals surface area contributed by atoms with E-state index in [0.29, 0.717) is 6.42 Å². The van der Waals surface area contributed by atoms with Crippen molar-refractivity contribution in [2.45, 2.75) is 33.3 Å². The van der Waals surface area contributed by atoms with Gasteiger partial charge in [0.2, 0.25) is 5.75 Å². The summed E-state index contributed by atoms with van der Waals surface area (Å²) in [5.74, 6) is -1.35. The van der Waals surface area contributed by atoms with Gasteiger partial charge in [-0.15, -0.1) is 0 Å². The lowest BCUT2D eigenvalue weighted by atomic mass is 10.0. The molecule has 98 valence electrons. The van der Waals surface area contributed by atoms with Crippen molar-refractivity contribution in [3.05, 3.63) is 33.4 Å². The highest BCUT2D eigenvalue weighted by Crippen LogP contribution is 2.34. The minimum Gasteiger partial charge on any atom is -0.545 e. The number of benzene rings is 1. The molecule has 6 nitrogen and oxygen atoms in total. The van der Waals surface area contributed by atoms with Crippen LogP contribution in [0.5, 0.6) is 5.75 Å². The van der Waals surface area contributed by atoms with Crippen molar-refractivity contribution >= 4 is 11.7 Å². The number of ether oxygens (including phenoxy) is 1. The third kappa shape index (κ3) is 2.77. The lowest BCUT2D eigenvalue weighted by molar-refractivity contribution is -0.386. The molecule has 0 spiro atoms. The van der Waals surface area contributed by atoms with Gasteiger partial charge < -0.3 is 14.6 Å². The van der Waals surface area contributed by atoms with Gasteiger partial charge in [0, 0.05) is 17.2 Å². The van der Waals surface area contributed by atoms with Gasteiger partial charge in [-0.1, -0.05) is 6.92 Å². The summed E-state index contributed by atoms with van der Waals surface area (Å²) >= 11 is 0. The highest BCUT2D eigenvalue weighted by atomic mass is 16.6. The number of rotatable bonds is 5. The van der Waals surface area contributed by atoms with Gasteiger partial charge in [0.25, 0.3) is 0 Å². The molecule has 18 heavy (non-hydrogen) atoms. The number of nitro groups is 1. The standard InChI is InChI=1S/C12H15NO5/c1-4-8-9(12(14)15)5-6-10(13(16)17)11(8)18-7(2)3/h5-7H,4H2,1-3H3,(H,14,15)/p-1. The zero-order valence-electron chi connectivity index (χ0n) is 10.4. The highest BCUT2D eigenvalue weighted by molar-refractivity contribution is 5.89. The summed E-state index contributed by atoms with van der Waals surface area (Å²) in [6.07, 6.45) is 0.0264. The summed E-state index contributed by atoms with van der Waals surface area (Å²) < 4.78 is 5.39. The van der Waals surface area contributed by atoms with Crippen LogP contribution >= 0.6 is 0 Å². The summed E-state index contributed by atoms with van der Waals surface area (Å²) in [4.78, 5) is 21.3. The first-order valence-electron chi connectivity index (χ1n) is 5.56. The predicted octanol–water partition coefficient (Wildman–Crippen LogP) is 1.31. The Morgan fingerprint density at radius 3 is 2.44 bits per heavy atom. The van der Waals surface area contributed by atoms with E-state index in [-0.39, 0.29) is 28.7 Å². The van der Waals surface area contributed by atoms with Crippen LogP contribution in [0.1, 0.15) is 36.7 Å². The predicted molar refractivity (Wildman–Crippen MR) is 62.6 cm³/mol. The number of carbonyl (C=O) groups is 1. The molecule has 0 amide bonds. The molecule has 0 radical (unpaired) electrons. The van der Waals surface area contributed by atoms with Gasteiger partial charge in [-0.25, -0.2) is 0 Å². The van der Waals surface area contributed by atoms with E-state index in [2.05, 4.69) is 0 Å². The van der Waals surface area contributed by atoms with Gasteiger partial charge in [0.1, 0.15) is 0 Å². The van der Waals surface area contributed by atoms with Crippen molar-refractivity contribution in [2.24, 2.45) is 0 Å². The molecule has 1 aromatic carbocycles. The number of carboxylic acids is 1. The zero-order chi connectivity index (χ0) is 13.9. The Kier molecular flexibility index (Phi) is 4.25. The van der Waals surface area contributed by atoms with Crippen LogP contribution in [0, 0.1) is 10.1 Å². The smallest absolute Gasteiger partial charge is 0.311 e. The fourth-order valence-corrected chi connectivity index (χ4v) is 1.67. The first kappa shape index (κ1) is 14.0. The second-order valence-electron chi connectivity index (χ2n) is 4.00. The fraction of sp³-hybridized carbons (Fsp3) is 0.417. The summed E-state index contributed by atoms with van der Waals surface area (Å²) in [6.45, 7) is 5.14. The van der Waals surface area contributed by atoms with Crippen molar-refractivity contribution < 1.29 is 19.6 Å². The van der Waals surface area contributed by atoms with E-state index in [1.165, 1.54) is 6.07 Å². The Hall–Kier alpha value is -2.11.